The van der Waals surface area contributed by atoms with E-state index >= 15 is 0 Å². The molecular formula is C14H13N3OS. The van der Waals surface area contributed by atoms with E-state index in [4.69, 9.17) is 4.74 Å². The molecule has 1 heterocycles. The summed E-state index contributed by atoms with van der Waals surface area (Å²) in [5.41, 5.74) is 2.23. The molecule has 0 atom stereocenters. The summed E-state index contributed by atoms with van der Waals surface area (Å²) in [4.78, 5) is 4.29. The highest BCUT2D eigenvalue weighted by Gasteiger charge is 2.06. The van der Waals surface area contributed by atoms with E-state index in [-0.39, 0.29) is 0 Å². The van der Waals surface area contributed by atoms with E-state index in [0.29, 0.717) is 10.6 Å². The third-order valence-electron chi connectivity index (χ3n) is 2.45. The second-order valence-corrected chi connectivity index (χ2v) is 4.67. The number of aryl methyl sites for hydroxylation is 1. The number of nitriles is 1. The van der Waals surface area contributed by atoms with Gasteiger partial charge in [-0.2, -0.15) is 5.26 Å². The molecule has 0 bridgehead atoms. The second-order valence-electron chi connectivity index (χ2n) is 3.81. The van der Waals surface area contributed by atoms with Crippen LogP contribution in [-0.4, -0.2) is 12.1 Å². The van der Waals surface area contributed by atoms with Gasteiger partial charge in [-0.3, -0.25) is 0 Å². The summed E-state index contributed by atoms with van der Waals surface area (Å²) in [7, 11) is 1.61. The summed E-state index contributed by atoms with van der Waals surface area (Å²) in [6.45, 7) is 1.91. The lowest BCUT2D eigenvalue weighted by Crippen LogP contribution is -1.94. The zero-order chi connectivity index (χ0) is 13.7. The summed E-state index contributed by atoms with van der Waals surface area (Å²) in [5.74, 6) is 0.728. The summed E-state index contributed by atoms with van der Waals surface area (Å²) in [6.07, 6.45) is 1.65. The van der Waals surface area contributed by atoms with Gasteiger partial charge in [0.15, 0.2) is 0 Å². The number of thiazole rings is 1. The molecule has 0 amide bonds. The van der Waals surface area contributed by atoms with Gasteiger partial charge in [-0.1, -0.05) is 12.1 Å². The predicted octanol–water partition coefficient (Wildman–Crippen LogP) is 3.44. The van der Waals surface area contributed by atoms with Crippen molar-refractivity contribution < 1.29 is 4.74 Å². The first-order valence-electron chi connectivity index (χ1n) is 5.67. The first-order valence-corrected chi connectivity index (χ1v) is 6.55. The minimum atomic E-state index is 0.504. The first kappa shape index (κ1) is 13.1. The molecule has 0 radical (unpaired) electrons. The first-order chi connectivity index (χ1) is 9.24. The molecule has 2 aromatic rings. The van der Waals surface area contributed by atoms with E-state index in [1.54, 1.807) is 13.3 Å². The average Bonchev–Trinajstić information content (AvgIpc) is 2.86. The maximum atomic E-state index is 9.17. The van der Waals surface area contributed by atoms with Crippen LogP contribution in [0.15, 0.2) is 35.8 Å². The Morgan fingerprint density at radius 3 is 2.89 bits per heavy atom. The van der Waals surface area contributed by atoms with Crippen molar-refractivity contribution in [3.8, 4) is 11.8 Å². The number of anilines is 1. The molecule has 4 nitrogen and oxygen atoms in total. The topological polar surface area (TPSA) is 57.9 Å². The van der Waals surface area contributed by atoms with Crippen LogP contribution in [0.25, 0.3) is 5.57 Å². The quantitative estimate of drug-likeness (QED) is 0.865. The fraction of sp³-hybridized carbons (Fsp3) is 0.143. The van der Waals surface area contributed by atoms with Crippen molar-refractivity contribution in [1.82, 2.24) is 4.98 Å². The number of methoxy groups -OCH3 is 1. The van der Waals surface area contributed by atoms with Crippen LogP contribution in [0, 0.1) is 18.3 Å². The molecule has 2 rings (SSSR count). The molecule has 5 heteroatoms. The van der Waals surface area contributed by atoms with Crippen LogP contribution in [0.5, 0.6) is 5.75 Å². The molecule has 1 aromatic carbocycles. The molecule has 19 heavy (non-hydrogen) atoms. The Balaban J connectivity index is 2.23. The highest BCUT2D eigenvalue weighted by atomic mass is 32.1. The van der Waals surface area contributed by atoms with Crippen molar-refractivity contribution >= 4 is 22.6 Å². The Kier molecular flexibility index (Phi) is 4.16. The molecule has 0 aliphatic carbocycles. The highest BCUT2D eigenvalue weighted by molar-refractivity contribution is 7.10. The van der Waals surface area contributed by atoms with Gasteiger partial charge in [0.2, 0.25) is 0 Å². The smallest absolute Gasteiger partial charge is 0.142 e. The Morgan fingerprint density at radius 1 is 1.47 bits per heavy atom. The van der Waals surface area contributed by atoms with Crippen LogP contribution in [-0.2, 0) is 0 Å². The van der Waals surface area contributed by atoms with E-state index in [2.05, 4.69) is 16.4 Å². The maximum Gasteiger partial charge on any atom is 0.142 e. The molecule has 0 aliphatic rings. The van der Waals surface area contributed by atoms with Crippen molar-refractivity contribution in [3.05, 3.63) is 46.5 Å². The lowest BCUT2D eigenvalue weighted by molar-refractivity contribution is 0.417. The van der Waals surface area contributed by atoms with Gasteiger partial charge in [0.1, 0.15) is 22.4 Å². The van der Waals surface area contributed by atoms with E-state index in [1.165, 1.54) is 11.3 Å². The Hall–Kier alpha value is -2.32. The fourth-order valence-corrected chi connectivity index (χ4v) is 2.30. The van der Waals surface area contributed by atoms with Crippen LogP contribution >= 0.6 is 11.3 Å². The maximum absolute atomic E-state index is 9.17. The van der Waals surface area contributed by atoms with Crippen molar-refractivity contribution in [2.45, 2.75) is 6.92 Å². The third kappa shape index (κ3) is 3.12. The van der Waals surface area contributed by atoms with Crippen LogP contribution < -0.4 is 10.1 Å². The predicted molar refractivity (Wildman–Crippen MR) is 77.1 cm³/mol. The molecular weight excluding hydrogens is 258 g/mol. The van der Waals surface area contributed by atoms with E-state index < -0.39 is 0 Å². The standard InChI is InChI=1S/C14H13N3OS/c1-10-9-19-14(17-10)11(7-15)8-16-12-5-3-4-6-13(12)18-2/h3-6,8-9,16H,1-2H3/b11-8+. The van der Waals surface area contributed by atoms with Crippen LogP contribution in [0.2, 0.25) is 0 Å². The van der Waals surface area contributed by atoms with Gasteiger partial charge in [-0.05, 0) is 19.1 Å². The number of nitrogens with one attached hydrogen (secondary N) is 1. The number of para-hydroxylation sites is 2. The van der Waals surface area contributed by atoms with Crippen molar-refractivity contribution in [3.63, 3.8) is 0 Å². The molecule has 0 saturated carbocycles. The normalized spacial score (nSPS) is 10.9. The summed E-state index contributed by atoms with van der Waals surface area (Å²) in [6, 6.07) is 9.68. The van der Waals surface area contributed by atoms with Gasteiger partial charge in [-0.15, -0.1) is 11.3 Å². The number of nitrogens with zero attached hydrogens (tertiary/aromatic N) is 2. The van der Waals surface area contributed by atoms with Gasteiger partial charge in [0.05, 0.1) is 12.8 Å². The van der Waals surface area contributed by atoms with Gasteiger partial charge >= 0.3 is 0 Å². The third-order valence-corrected chi connectivity index (χ3v) is 3.44. The molecule has 1 N–H and O–H groups in total. The number of benzene rings is 1. The van der Waals surface area contributed by atoms with Crippen LogP contribution in [0.4, 0.5) is 5.69 Å². The van der Waals surface area contributed by atoms with E-state index in [0.717, 1.165) is 17.1 Å². The van der Waals surface area contributed by atoms with Crippen molar-refractivity contribution in [1.29, 1.82) is 5.26 Å². The number of rotatable bonds is 4. The Morgan fingerprint density at radius 2 is 2.26 bits per heavy atom. The van der Waals surface area contributed by atoms with Gasteiger partial charge in [0, 0.05) is 17.3 Å². The Bertz CT molecular complexity index is 640. The Labute approximate surface area is 116 Å². The summed E-state index contributed by atoms with van der Waals surface area (Å²) < 4.78 is 5.23. The molecule has 0 fully saturated rings. The molecule has 1 aromatic heterocycles. The minimum Gasteiger partial charge on any atom is -0.495 e. The molecule has 0 unspecified atom stereocenters. The second kappa shape index (κ2) is 6.03. The van der Waals surface area contributed by atoms with Crippen LogP contribution in [0.1, 0.15) is 10.7 Å². The minimum absolute atomic E-state index is 0.504. The van der Waals surface area contributed by atoms with Gasteiger partial charge in [-0.25, -0.2) is 4.98 Å². The number of aromatic nitrogens is 1. The van der Waals surface area contributed by atoms with Crippen molar-refractivity contribution in [2.75, 3.05) is 12.4 Å². The zero-order valence-corrected chi connectivity index (χ0v) is 11.5. The number of ether oxygens (including phenoxy) is 1. The molecule has 0 saturated heterocycles. The lowest BCUT2D eigenvalue weighted by atomic mass is 10.3. The number of hydrogen-bond acceptors (Lipinski definition) is 5. The summed E-state index contributed by atoms with van der Waals surface area (Å²) in [5, 5.41) is 14.9. The monoisotopic (exact) mass is 271 g/mol. The average molecular weight is 271 g/mol. The largest absolute Gasteiger partial charge is 0.495 e. The van der Waals surface area contributed by atoms with Crippen molar-refractivity contribution in [2.24, 2.45) is 0 Å². The zero-order valence-electron chi connectivity index (χ0n) is 10.7. The number of allylic oxidation sites excluding steroid dienone is 1. The van der Waals surface area contributed by atoms with Gasteiger partial charge in [0.25, 0.3) is 0 Å². The molecule has 0 aliphatic heterocycles. The summed E-state index contributed by atoms with van der Waals surface area (Å²) >= 11 is 1.45. The molecule has 0 spiro atoms. The fourth-order valence-electron chi connectivity index (χ4n) is 1.53. The van der Waals surface area contributed by atoms with Crippen LogP contribution in [0.3, 0.4) is 0 Å². The molecule has 96 valence electrons. The highest BCUT2D eigenvalue weighted by Crippen LogP contribution is 2.24. The number of hydrogen-bond donors (Lipinski definition) is 1. The van der Waals surface area contributed by atoms with E-state index in [9.17, 15) is 5.26 Å². The lowest BCUT2D eigenvalue weighted by Gasteiger charge is -2.07. The van der Waals surface area contributed by atoms with Gasteiger partial charge < -0.3 is 10.1 Å². The SMILES string of the molecule is COc1ccccc1N/C=C(\C#N)c1nc(C)cs1. The van der Waals surface area contributed by atoms with E-state index in [1.807, 2.05) is 36.6 Å².